The summed E-state index contributed by atoms with van der Waals surface area (Å²) in [5, 5.41) is 23.8. The van der Waals surface area contributed by atoms with Crippen LogP contribution in [-0.4, -0.2) is 31.4 Å². The third-order valence-corrected chi connectivity index (χ3v) is 5.96. The molecule has 2 aromatic rings. The number of hydrogen-bond acceptors (Lipinski definition) is 7. The molecule has 0 fully saturated rings. The van der Waals surface area contributed by atoms with Crippen molar-refractivity contribution >= 4 is 56.0 Å². The molecule has 31 heavy (non-hydrogen) atoms. The second kappa shape index (κ2) is 10.1. The number of rotatable bonds is 10. The van der Waals surface area contributed by atoms with Gasteiger partial charge in [-0.1, -0.05) is 37.0 Å². The van der Waals surface area contributed by atoms with Crippen molar-refractivity contribution < 1.29 is 18.3 Å². The molecule has 2 aromatic carbocycles. The largest absolute Gasteiger partial charge is 0.360 e. The smallest absolute Gasteiger partial charge is 0.301 e. The van der Waals surface area contributed by atoms with Gasteiger partial charge < -0.3 is 4.90 Å². The molecule has 1 N–H and O–H groups in total. The van der Waals surface area contributed by atoms with Crippen molar-refractivity contribution in [2.75, 3.05) is 22.7 Å². The van der Waals surface area contributed by atoms with E-state index in [0.29, 0.717) is 25.9 Å². The van der Waals surface area contributed by atoms with Gasteiger partial charge in [-0.15, -0.1) is 0 Å². The van der Waals surface area contributed by atoms with Crippen LogP contribution < -0.4 is 9.62 Å². The number of nitrogens with zero attached hydrogens (tertiary/aromatic N) is 3. The molecule has 168 valence electrons. The Kier molecular flexibility index (Phi) is 8.04. The molecular formula is C18H20Cl2N4O6S. The number of sulfonamides is 1. The third kappa shape index (κ3) is 5.96. The van der Waals surface area contributed by atoms with Crippen LogP contribution in [0.25, 0.3) is 0 Å². The Balaban J connectivity index is 2.68. The average molecular weight is 491 g/mol. The zero-order valence-electron chi connectivity index (χ0n) is 16.7. The highest BCUT2D eigenvalue weighted by Crippen LogP contribution is 2.40. The zero-order valence-corrected chi connectivity index (χ0v) is 19.0. The molecule has 10 nitrogen and oxygen atoms in total. The van der Waals surface area contributed by atoms with Crippen molar-refractivity contribution in [3.63, 3.8) is 0 Å². The SMILES string of the molecule is CCCN(CCC)c1c([N+](=O)[O-])cc(S(=O)(=O)Nc2cc(Cl)cc(Cl)c2)cc1[N+](=O)[O-]. The van der Waals surface area contributed by atoms with E-state index in [1.165, 1.54) is 23.1 Å². The number of nitro groups is 2. The van der Waals surface area contributed by atoms with Gasteiger partial charge in [-0.25, -0.2) is 8.42 Å². The summed E-state index contributed by atoms with van der Waals surface area (Å²) >= 11 is 11.7. The lowest BCUT2D eigenvalue weighted by Crippen LogP contribution is -2.27. The number of benzene rings is 2. The van der Waals surface area contributed by atoms with Crippen molar-refractivity contribution in [1.82, 2.24) is 0 Å². The number of anilines is 2. The van der Waals surface area contributed by atoms with Crippen molar-refractivity contribution in [2.24, 2.45) is 0 Å². The molecule has 0 unspecified atom stereocenters. The lowest BCUT2D eigenvalue weighted by atomic mass is 10.2. The van der Waals surface area contributed by atoms with E-state index in [9.17, 15) is 28.6 Å². The van der Waals surface area contributed by atoms with E-state index in [0.717, 1.165) is 12.1 Å². The molecule has 13 heteroatoms. The fourth-order valence-electron chi connectivity index (χ4n) is 3.04. The summed E-state index contributed by atoms with van der Waals surface area (Å²) in [5.74, 6) is 0. The summed E-state index contributed by atoms with van der Waals surface area (Å²) in [6.45, 7) is 4.33. The molecule has 0 bridgehead atoms. The Morgan fingerprint density at radius 1 is 0.903 bits per heavy atom. The predicted octanol–water partition coefficient (Wildman–Crippen LogP) is 5.24. The van der Waals surface area contributed by atoms with Gasteiger partial charge in [-0.05, 0) is 31.0 Å². The predicted molar refractivity (Wildman–Crippen MR) is 120 cm³/mol. The zero-order chi connectivity index (χ0) is 23.3. The molecule has 0 saturated carbocycles. The van der Waals surface area contributed by atoms with Gasteiger partial charge in [0.05, 0.1) is 15.5 Å². The summed E-state index contributed by atoms with van der Waals surface area (Å²) in [6.07, 6.45) is 1.18. The van der Waals surface area contributed by atoms with E-state index in [2.05, 4.69) is 4.72 Å². The number of nitro benzene ring substituents is 2. The van der Waals surface area contributed by atoms with E-state index >= 15 is 0 Å². The number of nitrogens with one attached hydrogen (secondary N) is 1. The maximum Gasteiger partial charge on any atom is 0.301 e. The Morgan fingerprint density at radius 3 is 1.74 bits per heavy atom. The molecule has 0 spiro atoms. The minimum atomic E-state index is -4.42. The molecule has 2 rings (SSSR count). The Morgan fingerprint density at radius 2 is 1.35 bits per heavy atom. The summed E-state index contributed by atoms with van der Waals surface area (Å²) in [6, 6.07) is 5.59. The second-order valence-corrected chi connectivity index (χ2v) is 9.13. The van der Waals surface area contributed by atoms with Crippen LogP contribution in [0.3, 0.4) is 0 Å². The van der Waals surface area contributed by atoms with Crippen molar-refractivity contribution in [3.8, 4) is 0 Å². The van der Waals surface area contributed by atoms with Crippen LogP contribution in [-0.2, 0) is 10.0 Å². The third-order valence-electron chi connectivity index (χ3n) is 4.16. The molecule has 0 amide bonds. The maximum atomic E-state index is 12.9. The molecule has 0 heterocycles. The molecule has 0 aliphatic rings. The van der Waals surface area contributed by atoms with E-state index in [4.69, 9.17) is 23.2 Å². The first-order valence-corrected chi connectivity index (χ1v) is 11.4. The molecule has 0 saturated heterocycles. The van der Waals surface area contributed by atoms with Crippen molar-refractivity contribution in [3.05, 3.63) is 60.6 Å². The summed E-state index contributed by atoms with van der Waals surface area (Å²) in [4.78, 5) is 22.7. The van der Waals surface area contributed by atoms with Crippen LogP contribution in [0.4, 0.5) is 22.7 Å². The van der Waals surface area contributed by atoms with Gasteiger partial charge in [0.1, 0.15) is 4.90 Å². The minimum Gasteiger partial charge on any atom is -0.360 e. The van der Waals surface area contributed by atoms with Gasteiger partial charge in [0.15, 0.2) is 5.69 Å². The minimum absolute atomic E-state index is 0.00507. The normalized spacial score (nSPS) is 11.2. The fourth-order valence-corrected chi connectivity index (χ4v) is 4.64. The topological polar surface area (TPSA) is 136 Å². The monoisotopic (exact) mass is 490 g/mol. The first-order chi connectivity index (χ1) is 14.5. The number of halogens is 2. The fraction of sp³-hybridized carbons (Fsp3) is 0.333. The van der Waals surface area contributed by atoms with Gasteiger partial charge in [0, 0.05) is 35.3 Å². The Labute approximate surface area is 189 Å². The lowest BCUT2D eigenvalue weighted by Gasteiger charge is -2.23. The van der Waals surface area contributed by atoms with Crippen LogP contribution in [0.1, 0.15) is 26.7 Å². The van der Waals surface area contributed by atoms with E-state index in [1.807, 2.05) is 13.8 Å². The lowest BCUT2D eigenvalue weighted by molar-refractivity contribution is -0.393. The van der Waals surface area contributed by atoms with E-state index < -0.39 is 36.1 Å². The van der Waals surface area contributed by atoms with Crippen molar-refractivity contribution in [2.45, 2.75) is 31.6 Å². The molecule has 0 atom stereocenters. The first-order valence-electron chi connectivity index (χ1n) is 9.20. The van der Waals surface area contributed by atoms with Crippen molar-refractivity contribution in [1.29, 1.82) is 0 Å². The molecule has 0 radical (unpaired) electrons. The summed E-state index contributed by atoms with van der Waals surface area (Å²) < 4.78 is 27.9. The first kappa shape index (κ1) is 24.6. The Bertz CT molecular complexity index is 1050. The number of hydrogen-bond donors (Lipinski definition) is 1. The molecule has 0 aromatic heterocycles. The van der Waals surface area contributed by atoms with Gasteiger partial charge >= 0.3 is 11.4 Å². The standard InChI is InChI=1S/C18H20Cl2N4O6S/c1-3-5-22(6-4-2)18-16(23(25)26)10-15(11-17(18)24(27)28)31(29,30)21-14-8-12(19)7-13(20)9-14/h7-11,21H,3-6H2,1-2H3. The second-order valence-electron chi connectivity index (χ2n) is 6.58. The maximum absolute atomic E-state index is 12.9. The van der Waals surface area contributed by atoms with Gasteiger partial charge in [-0.3, -0.25) is 25.0 Å². The van der Waals surface area contributed by atoms with Gasteiger partial charge in [0.25, 0.3) is 10.0 Å². The van der Waals surface area contributed by atoms with Crippen LogP contribution in [0.2, 0.25) is 10.0 Å². The van der Waals surface area contributed by atoms with Crippen LogP contribution in [0, 0.1) is 20.2 Å². The summed E-state index contributed by atoms with van der Waals surface area (Å²) in [5.41, 5.74) is -1.55. The molecule has 0 aliphatic carbocycles. The van der Waals surface area contributed by atoms with Gasteiger partial charge in [-0.2, -0.15) is 0 Å². The highest BCUT2D eigenvalue weighted by atomic mass is 35.5. The summed E-state index contributed by atoms with van der Waals surface area (Å²) in [7, 11) is -4.42. The van der Waals surface area contributed by atoms with Crippen LogP contribution >= 0.6 is 23.2 Å². The quantitative estimate of drug-likeness (QED) is 0.355. The van der Waals surface area contributed by atoms with Gasteiger partial charge in [0.2, 0.25) is 0 Å². The van der Waals surface area contributed by atoms with E-state index in [-0.39, 0.29) is 21.4 Å². The average Bonchev–Trinajstić information content (AvgIpc) is 2.65. The highest BCUT2D eigenvalue weighted by Gasteiger charge is 2.33. The van der Waals surface area contributed by atoms with E-state index in [1.54, 1.807) is 0 Å². The molecular weight excluding hydrogens is 471 g/mol. The van der Waals surface area contributed by atoms with Crippen LogP contribution in [0.15, 0.2) is 35.2 Å². The van der Waals surface area contributed by atoms with Crippen LogP contribution in [0.5, 0.6) is 0 Å². The molecule has 0 aliphatic heterocycles. The Hall–Kier alpha value is -2.63. The highest BCUT2D eigenvalue weighted by molar-refractivity contribution is 7.92.